The SMILES string of the molecule is CCC(Oc1ccccc1C)C(=O)N1CCCC(c2ncc[nH]2)C1. The largest absolute Gasteiger partial charge is 0.480 e. The van der Waals surface area contributed by atoms with Crippen molar-refractivity contribution in [3.05, 3.63) is 48.0 Å². The number of imidazole rings is 1. The monoisotopic (exact) mass is 327 g/mol. The van der Waals surface area contributed by atoms with E-state index in [2.05, 4.69) is 9.97 Å². The number of nitrogens with zero attached hydrogens (tertiary/aromatic N) is 2. The number of H-pyrrole nitrogens is 1. The van der Waals surface area contributed by atoms with E-state index in [0.29, 0.717) is 13.0 Å². The minimum Gasteiger partial charge on any atom is -0.480 e. The van der Waals surface area contributed by atoms with E-state index in [4.69, 9.17) is 4.74 Å². The summed E-state index contributed by atoms with van der Waals surface area (Å²) in [6.07, 6.45) is 5.90. The molecule has 5 heteroatoms. The summed E-state index contributed by atoms with van der Waals surface area (Å²) in [6.45, 7) is 5.50. The minimum atomic E-state index is -0.429. The summed E-state index contributed by atoms with van der Waals surface area (Å²) in [6, 6.07) is 7.84. The average molecular weight is 327 g/mol. The lowest BCUT2D eigenvalue weighted by Gasteiger charge is -2.34. The summed E-state index contributed by atoms with van der Waals surface area (Å²) in [7, 11) is 0. The molecule has 1 aliphatic heterocycles. The molecule has 1 aromatic heterocycles. The van der Waals surface area contributed by atoms with Crippen LogP contribution in [0.5, 0.6) is 5.75 Å². The molecular weight excluding hydrogens is 302 g/mol. The first-order valence-corrected chi connectivity index (χ1v) is 8.69. The summed E-state index contributed by atoms with van der Waals surface area (Å²) in [5.74, 6) is 2.13. The van der Waals surface area contributed by atoms with Gasteiger partial charge in [0.25, 0.3) is 5.91 Å². The number of aryl methyl sites for hydroxylation is 1. The Labute approximate surface area is 143 Å². The van der Waals surface area contributed by atoms with Gasteiger partial charge in [-0.05, 0) is 37.8 Å². The van der Waals surface area contributed by atoms with Crippen molar-refractivity contribution in [2.75, 3.05) is 13.1 Å². The van der Waals surface area contributed by atoms with Gasteiger partial charge in [0.15, 0.2) is 6.10 Å². The number of amides is 1. The molecule has 128 valence electrons. The molecule has 0 spiro atoms. The second kappa shape index (κ2) is 7.51. The Morgan fingerprint density at radius 1 is 1.46 bits per heavy atom. The molecule has 1 N–H and O–H groups in total. The first-order valence-electron chi connectivity index (χ1n) is 8.69. The fourth-order valence-electron chi connectivity index (χ4n) is 3.26. The topological polar surface area (TPSA) is 58.2 Å². The average Bonchev–Trinajstić information content (AvgIpc) is 3.15. The van der Waals surface area contributed by atoms with Gasteiger partial charge in [0.1, 0.15) is 11.6 Å². The highest BCUT2D eigenvalue weighted by molar-refractivity contribution is 5.81. The normalized spacial score (nSPS) is 19.1. The number of carbonyl (C=O) groups excluding carboxylic acids is 1. The number of aromatic nitrogens is 2. The Morgan fingerprint density at radius 2 is 2.29 bits per heavy atom. The lowest BCUT2D eigenvalue weighted by atomic mass is 9.97. The third-order valence-electron chi connectivity index (χ3n) is 4.65. The van der Waals surface area contributed by atoms with Crippen molar-refractivity contribution in [2.45, 2.75) is 45.1 Å². The van der Waals surface area contributed by atoms with Gasteiger partial charge in [0.05, 0.1) is 0 Å². The van der Waals surface area contributed by atoms with Gasteiger partial charge < -0.3 is 14.6 Å². The fraction of sp³-hybridized carbons (Fsp3) is 0.474. The van der Waals surface area contributed by atoms with E-state index in [1.54, 1.807) is 6.20 Å². The lowest BCUT2D eigenvalue weighted by Crippen LogP contribution is -2.46. The van der Waals surface area contributed by atoms with Crippen LogP contribution in [0, 0.1) is 6.92 Å². The van der Waals surface area contributed by atoms with E-state index < -0.39 is 6.10 Å². The van der Waals surface area contributed by atoms with Crippen molar-refractivity contribution < 1.29 is 9.53 Å². The van der Waals surface area contributed by atoms with Gasteiger partial charge in [-0.2, -0.15) is 0 Å². The number of ether oxygens (including phenoxy) is 1. The Morgan fingerprint density at radius 3 is 3.00 bits per heavy atom. The zero-order chi connectivity index (χ0) is 16.9. The van der Waals surface area contributed by atoms with Crippen LogP contribution in [-0.2, 0) is 4.79 Å². The molecule has 24 heavy (non-hydrogen) atoms. The van der Waals surface area contributed by atoms with Gasteiger partial charge >= 0.3 is 0 Å². The molecule has 2 atom stereocenters. The number of aromatic amines is 1. The molecule has 2 unspecified atom stereocenters. The molecule has 5 nitrogen and oxygen atoms in total. The predicted octanol–water partition coefficient (Wildman–Crippen LogP) is 3.28. The number of benzene rings is 1. The Balaban J connectivity index is 1.68. The van der Waals surface area contributed by atoms with Crippen LogP contribution in [0.1, 0.15) is 43.5 Å². The third kappa shape index (κ3) is 3.61. The molecule has 2 heterocycles. The van der Waals surface area contributed by atoms with Crippen LogP contribution in [0.3, 0.4) is 0 Å². The van der Waals surface area contributed by atoms with Crippen LogP contribution < -0.4 is 4.74 Å². The number of nitrogens with one attached hydrogen (secondary N) is 1. The van der Waals surface area contributed by atoms with Crippen LogP contribution in [-0.4, -0.2) is 40.0 Å². The Bertz CT molecular complexity index is 669. The Hall–Kier alpha value is -2.30. The van der Waals surface area contributed by atoms with Gasteiger partial charge in [-0.25, -0.2) is 4.98 Å². The van der Waals surface area contributed by atoms with E-state index in [9.17, 15) is 4.79 Å². The molecule has 2 aromatic rings. The summed E-state index contributed by atoms with van der Waals surface area (Å²) in [5.41, 5.74) is 1.05. The second-order valence-corrected chi connectivity index (χ2v) is 6.38. The standard InChI is InChI=1S/C19H25N3O2/c1-3-16(24-17-9-5-4-7-14(17)2)19(23)22-12-6-8-15(13-22)18-20-10-11-21-18/h4-5,7,9-11,15-16H,3,6,8,12-13H2,1-2H3,(H,20,21). The zero-order valence-corrected chi connectivity index (χ0v) is 14.4. The van der Waals surface area contributed by atoms with Gasteiger partial charge in [-0.1, -0.05) is 25.1 Å². The van der Waals surface area contributed by atoms with Crippen LogP contribution in [0.2, 0.25) is 0 Å². The van der Waals surface area contributed by atoms with Crippen LogP contribution in [0.15, 0.2) is 36.7 Å². The molecule has 1 aromatic carbocycles. The van der Waals surface area contributed by atoms with Crippen molar-refractivity contribution in [2.24, 2.45) is 0 Å². The smallest absolute Gasteiger partial charge is 0.263 e. The predicted molar refractivity (Wildman–Crippen MR) is 93.0 cm³/mol. The van der Waals surface area contributed by atoms with Crippen molar-refractivity contribution in [3.8, 4) is 5.75 Å². The highest BCUT2D eigenvalue weighted by Crippen LogP contribution is 2.26. The molecule has 0 saturated carbocycles. The minimum absolute atomic E-state index is 0.0806. The molecule has 1 saturated heterocycles. The van der Waals surface area contributed by atoms with Gasteiger partial charge in [0, 0.05) is 31.4 Å². The van der Waals surface area contributed by atoms with Gasteiger partial charge in [0.2, 0.25) is 0 Å². The molecule has 0 bridgehead atoms. The maximum absolute atomic E-state index is 12.9. The maximum atomic E-state index is 12.9. The van der Waals surface area contributed by atoms with E-state index in [1.165, 1.54) is 0 Å². The van der Waals surface area contributed by atoms with Crippen LogP contribution in [0.4, 0.5) is 0 Å². The van der Waals surface area contributed by atoms with Crippen LogP contribution in [0.25, 0.3) is 0 Å². The first-order chi connectivity index (χ1) is 11.7. The number of hydrogen-bond acceptors (Lipinski definition) is 3. The maximum Gasteiger partial charge on any atom is 0.263 e. The highest BCUT2D eigenvalue weighted by Gasteiger charge is 2.30. The third-order valence-corrected chi connectivity index (χ3v) is 4.65. The molecule has 1 fully saturated rings. The molecular formula is C19H25N3O2. The first kappa shape index (κ1) is 16.6. The Kier molecular flexibility index (Phi) is 5.18. The number of para-hydroxylation sites is 1. The number of likely N-dealkylation sites (tertiary alicyclic amines) is 1. The number of rotatable bonds is 5. The fourth-order valence-corrected chi connectivity index (χ4v) is 3.26. The van der Waals surface area contributed by atoms with Gasteiger partial charge in [-0.3, -0.25) is 4.79 Å². The van der Waals surface area contributed by atoms with Crippen molar-refractivity contribution in [3.63, 3.8) is 0 Å². The van der Waals surface area contributed by atoms with E-state index >= 15 is 0 Å². The summed E-state index contributed by atoms with van der Waals surface area (Å²) in [4.78, 5) is 22.4. The number of hydrogen-bond donors (Lipinski definition) is 1. The van der Waals surface area contributed by atoms with Crippen molar-refractivity contribution in [1.82, 2.24) is 14.9 Å². The zero-order valence-electron chi connectivity index (χ0n) is 14.4. The number of carbonyl (C=O) groups is 1. The summed E-state index contributed by atoms with van der Waals surface area (Å²) in [5, 5.41) is 0. The van der Waals surface area contributed by atoms with E-state index in [1.807, 2.05) is 49.2 Å². The summed E-state index contributed by atoms with van der Waals surface area (Å²) < 4.78 is 6.02. The molecule has 1 amide bonds. The van der Waals surface area contributed by atoms with Crippen molar-refractivity contribution in [1.29, 1.82) is 0 Å². The number of piperidine rings is 1. The van der Waals surface area contributed by atoms with E-state index in [-0.39, 0.29) is 11.8 Å². The molecule has 3 rings (SSSR count). The quantitative estimate of drug-likeness (QED) is 0.917. The molecule has 0 radical (unpaired) electrons. The highest BCUT2D eigenvalue weighted by atomic mass is 16.5. The van der Waals surface area contributed by atoms with Crippen LogP contribution >= 0.6 is 0 Å². The van der Waals surface area contributed by atoms with Gasteiger partial charge in [-0.15, -0.1) is 0 Å². The molecule has 1 aliphatic rings. The molecule has 0 aliphatic carbocycles. The van der Waals surface area contributed by atoms with Crippen molar-refractivity contribution >= 4 is 5.91 Å². The second-order valence-electron chi connectivity index (χ2n) is 6.38. The van der Waals surface area contributed by atoms with E-state index in [0.717, 1.165) is 36.5 Å². The lowest BCUT2D eigenvalue weighted by molar-refractivity contribution is -0.140. The summed E-state index contributed by atoms with van der Waals surface area (Å²) >= 11 is 0.